The summed E-state index contributed by atoms with van der Waals surface area (Å²) in [6.45, 7) is 1.86. The number of Topliss-reactive ketones (excluding diaryl/α,β-unsaturated/α-hetero) is 1. The van der Waals surface area contributed by atoms with Crippen molar-refractivity contribution in [2.45, 2.75) is 19.8 Å². The molecule has 0 aromatic carbocycles. The molecule has 1 heterocycles. The number of carbonyl (C=O) groups is 1. The largest absolute Gasteiger partial charge is 0.292 e. The van der Waals surface area contributed by atoms with E-state index in [9.17, 15) is 4.79 Å². The first-order valence-corrected chi connectivity index (χ1v) is 4.12. The van der Waals surface area contributed by atoms with E-state index in [0.717, 1.165) is 18.5 Å². The summed E-state index contributed by atoms with van der Waals surface area (Å²) in [5.74, 6) is 0.393. The molecule has 3 nitrogen and oxygen atoms in total. The van der Waals surface area contributed by atoms with Gasteiger partial charge in [-0.05, 0) is 31.9 Å². The molecule has 12 heavy (non-hydrogen) atoms. The molecule has 0 N–H and O–H groups in total. The highest BCUT2D eigenvalue weighted by Crippen LogP contribution is 2.31. The number of rotatable bonds is 2. The number of nitrogens with zero attached hydrogens (tertiary/aromatic N) is 2. The lowest BCUT2D eigenvalue weighted by Crippen LogP contribution is -2.05. The van der Waals surface area contributed by atoms with E-state index < -0.39 is 0 Å². The van der Waals surface area contributed by atoms with Crippen molar-refractivity contribution in [1.29, 1.82) is 0 Å². The molecular weight excluding hydrogens is 152 g/mol. The topological polar surface area (TPSA) is 42.9 Å². The van der Waals surface area contributed by atoms with Crippen molar-refractivity contribution in [2.75, 3.05) is 0 Å². The van der Waals surface area contributed by atoms with Crippen LogP contribution in [-0.4, -0.2) is 16.0 Å². The number of aromatic nitrogens is 2. The second-order valence-electron chi connectivity index (χ2n) is 3.20. The van der Waals surface area contributed by atoms with Gasteiger partial charge in [-0.15, -0.1) is 5.10 Å². The standard InChI is InChI=1S/C9H10N2O/c1-6-2-5-8(11-10-6)9(12)7-3-4-7/h2,5,7H,3-4H2,1H3. The Morgan fingerprint density at radius 3 is 2.67 bits per heavy atom. The van der Waals surface area contributed by atoms with E-state index in [0.29, 0.717) is 5.69 Å². The van der Waals surface area contributed by atoms with Gasteiger partial charge < -0.3 is 0 Å². The lowest BCUT2D eigenvalue weighted by molar-refractivity contribution is 0.0961. The van der Waals surface area contributed by atoms with E-state index in [1.165, 1.54) is 0 Å². The second kappa shape index (κ2) is 2.66. The fourth-order valence-corrected chi connectivity index (χ4v) is 1.09. The van der Waals surface area contributed by atoms with Crippen molar-refractivity contribution in [3.8, 4) is 0 Å². The summed E-state index contributed by atoms with van der Waals surface area (Å²) in [6.07, 6.45) is 2.04. The maximum atomic E-state index is 11.4. The summed E-state index contributed by atoms with van der Waals surface area (Å²) >= 11 is 0. The van der Waals surface area contributed by atoms with Crippen LogP contribution in [0.3, 0.4) is 0 Å². The average molecular weight is 162 g/mol. The van der Waals surface area contributed by atoms with Crippen LogP contribution in [0.1, 0.15) is 29.0 Å². The van der Waals surface area contributed by atoms with Crippen molar-refractivity contribution in [3.63, 3.8) is 0 Å². The maximum Gasteiger partial charge on any atom is 0.186 e. The van der Waals surface area contributed by atoms with Crippen LogP contribution in [-0.2, 0) is 0 Å². The molecule has 1 aliphatic carbocycles. The molecule has 62 valence electrons. The van der Waals surface area contributed by atoms with E-state index in [2.05, 4.69) is 10.2 Å². The molecule has 1 aromatic rings. The Kier molecular flexibility index (Phi) is 1.64. The van der Waals surface area contributed by atoms with E-state index in [1.54, 1.807) is 6.07 Å². The van der Waals surface area contributed by atoms with E-state index in [-0.39, 0.29) is 11.7 Å². The number of hydrogen-bond acceptors (Lipinski definition) is 3. The summed E-state index contributed by atoms with van der Waals surface area (Å²) in [6, 6.07) is 3.58. The lowest BCUT2D eigenvalue weighted by Gasteiger charge is -1.95. The predicted octanol–water partition coefficient (Wildman–Crippen LogP) is 1.38. The van der Waals surface area contributed by atoms with Crippen LogP contribution in [0.15, 0.2) is 12.1 Å². The fourth-order valence-electron chi connectivity index (χ4n) is 1.09. The van der Waals surface area contributed by atoms with Gasteiger partial charge in [0.1, 0.15) is 5.69 Å². The zero-order chi connectivity index (χ0) is 8.55. The highest BCUT2D eigenvalue weighted by atomic mass is 16.1. The minimum absolute atomic E-state index is 0.155. The minimum atomic E-state index is 0.155. The lowest BCUT2D eigenvalue weighted by atomic mass is 10.2. The SMILES string of the molecule is Cc1ccc(C(=O)C2CC2)nn1. The van der Waals surface area contributed by atoms with Crippen LogP contribution in [0.25, 0.3) is 0 Å². The minimum Gasteiger partial charge on any atom is -0.292 e. The van der Waals surface area contributed by atoms with Gasteiger partial charge in [-0.25, -0.2) is 0 Å². The summed E-state index contributed by atoms with van der Waals surface area (Å²) < 4.78 is 0. The Bertz CT molecular complexity index is 301. The Labute approximate surface area is 70.8 Å². The molecule has 0 atom stereocenters. The summed E-state index contributed by atoms with van der Waals surface area (Å²) in [4.78, 5) is 11.4. The van der Waals surface area contributed by atoms with Gasteiger partial charge in [0.15, 0.2) is 5.78 Å². The number of hydrogen-bond donors (Lipinski definition) is 0. The number of aryl methyl sites for hydroxylation is 1. The van der Waals surface area contributed by atoms with Gasteiger partial charge in [-0.1, -0.05) is 0 Å². The zero-order valence-electron chi connectivity index (χ0n) is 6.95. The third kappa shape index (κ3) is 1.35. The van der Waals surface area contributed by atoms with Crippen LogP contribution in [0.4, 0.5) is 0 Å². The fraction of sp³-hybridized carbons (Fsp3) is 0.444. The Morgan fingerprint density at radius 1 is 1.42 bits per heavy atom. The summed E-state index contributed by atoms with van der Waals surface area (Å²) in [5, 5.41) is 7.68. The van der Waals surface area contributed by atoms with Gasteiger partial charge >= 0.3 is 0 Å². The zero-order valence-corrected chi connectivity index (χ0v) is 6.95. The molecule has 1 saturated carbocycles. The van der Waals surface area contributed by atoms with Gasteiger partial charge in [0.25, 0.3) is 0 Å². The maximum absolute atomic E-state index is 11.4. The molecular formula is C9H10N2O. The summed E-state index contributed by atoms with van der Waals surface area (Å²) in [5.41, 5.74) is 1.37. The van der Waals surface area contributed by atoms with Crippen molar-refractivity contribution in [1.82, 2.24) is 10.2 Å². The average Bonchev–Trinajstić information content (AvgIpc) is 2.87. The molecule has 0 amide bonds. The number of ketones is 1. The van der Waals surface area contributed by atoms with E-state index >= 15 is 0 Å². The van der Waals surface area contributed by atoms with Gasteiger partial charge in [-0.3, -0.25) is 4.79 Å². The Morgan fingerprint density at radius 2 is 2.17 bits per heavy atom. The van der Waals surface area contributed by atoms with Gasteiger partial charge in [0, 0.05) is 5.92 Å². The Balaban J connectivity index is 2.22. The molecule has 0 aliphatic heterocycles. The van der Waals surface area contributed by atoms with Crippen LogP contribution < -0.4 is 0 Å². The molecule has 0 spiro atoms. The third-order valence-electron chi connectivity index (χ3n) is 2.00. The van der Waals surface area contributed by atoms with Crippen LogP contribution in [0.2, 0.25) is 0 Å². The van der Waals surface area contributed by atoms with Crippen molar-refractivity contribution < 1.29 is 4.79 Å². The molecule has 1 fully saturated rings. The highest BCUT2D eigenvalue weighted by Gasteiger charge is 2.31. The smallest absolute Gasteiger partial charge is 0.186 e. The number of carbonyl (C=O) groups excluding carboxylic acids is 1. The molecule has 0 radical (unpaired) electrons. The Hall–Kier alpha value is -1.25. The van der Waals surface area contributed by atoms with Crippen LogP contribution in [0.5, 0.6) is 0 Å². The van der Waals surface area contributed by atoms with Crippen molar-refractivity contribution >= 4 is 5.78 Å². The quantitative estimate of drug-likeness (QED) is 0.617. The van der Waals surface area contributed by atoms with E-state index in [1.807, 2.05) is 13.0 Å². The first-order valence-electron chi connectivity index (χ1n) is 4.12. The second-order valence-corrected chi connectivity index (χ2v) is 3.20. The van der Waals surface area contributed by atoms with Gasteiger partial charge in [0.2, 0.25) is 0 Å². The molecule has 0 unspecified atom stereocenters. The molecule has 3 heteroatoms. The summed E-state index contributed by atoms with van der Waals surface area (Å²) in [7, 11) is 0. The molecule has 2 rings (SSSR count). The first kappa shape index (κ1) is 7.40. The molecule has 1 aliphatic rings. The van der Waals surface area contributed by atoms with Crippen LogP contribution >= 0.6 is 0 Å². The molecule has 0 bridgehead atoms. The predicted molar refractivity (Wildman–Crippen MR) is 43.8 cm³/mol. The third-order valence-corrected chi connectivity index (χ3v) is 2.00. The van der Waals surface area contributed by atoms with Gasteiger partial charge in [0.05, 0.1) is 5.69 Å². The monoisotopic (exact) mass is 162 g/mol. The molecule has 0 saturated heterocycles. The van der Waals surface area contributed by atoms with Crippen molar-refractivity contribution in [2.24, 2.45) is 5.92 Å². The van der Waals surface area contributed by atoms with E-state index in [4.69, 9.17) is 0 Å². The van der Waals surface area contributed by atoms with Crippen LogP contribution in [0, 0.1) is 12.8 Å². The highest BCUT2D eigenvalue weighted by molar-refractivity contribution is 5.97. The normalized spacial score (nSPS) is 16.1. The molecule has 1 aromatic heterocycles. The first-order chi connectivity index (χ1) is 5.77. The van der Waals surface area contributed by atoms with Crippen molar-refractivity contribution in [3.05, 3.63) is 23.5 Å². The van der Waals surface area contributed by atoms with Gasteiger partial charge in [-0.2, -0.15) is 5.10 Å².